The van der Waals surface area contributed by atoms with E-state index >= 15 is 0 Å². The SMILES string of the molecule is CC1(C)c2ccccc2N(c2ccc(-c3nc(-c4ccccc4)nc(-c4ccccn4)n3)cc2)c2cc3c4ccccc4c4ccccc4c3cc21. The summed E-state index contributed by atoms with van der Waals surface area (Å²) in [6.45, 7) is 4.70. The second kappa shape index (κ2) is 11.7. The maximum atomic E-state index is 4.96. The molecule has 10 rings (SSSR count). The fraction of sp³-hybridized carbons (Fsp3) is 0.0638. The van der Waals surface area contributed by atoms with Crippen molar-refractivity contribution in [2.45, 2.75) is 19.3 Å². The molecule has 246 valence electrons. The van der Waals surface area contributed by atoms with E-state index in [0.29, 0.717) is 23.2 Å². The van der Waals surface area contributed by atoms with Crippen molar-refractivity contribution < 1.29 is 0 Å². The molecule has 0 amide bonds. The Morgan fingerprint density at radius 1 is 0.423 bits per heavy atom. The smallest absolute Gasteiger partial charge is 0.182 e. The van der Waals surface area contributed by atoms with Gasteiger partial charge in [0.15, 0.2) is 17.5 Å². The van der Waals surface area contributed by atoms with Gasteiger partial charge in [-0.15, -0.1) is 0 Å². The molecule has 0 fully saturated rings. The summed E-state index contributed by atoms with van der Waals surface area (Å²) in [5.41, 5.74) is 8.35. The molecule has 5 heteroatoms. The van der Waals surface area contributed by atoms with Crippen molar-refractivity contribution in [2.24, 2.45) is 0 Å². The van der Waals surface area contributed by atoms with Crippen LogP contribution in [-0.2, 0) is 5.41 Å². The van der Waals surface area contributed by atoms with Gasteiger partial charge in [0.2, 0.25) is 0 Å². The van der Waals surface area contributed by atoms with Crippen molar-refractivity contribution in [3.05, 3.63) is 175 Å². The molecule has 0 unspecified atom stereocenters. The van der Waals surface area contributed by atoms with E-state index in [1.165, 1.54) is 54.8 Å². The van der Waals surface area contributed by atoms with Crippen molar-refractivity contribution in [2.75, 3.05) is 4.90 Å². The van der Waals surface area contributed by atoms with E-state index in [-0.39, 0.29) is 5.41 Å². The van der Waals surface area contributed by atoms with Gasteiger partial charge in [0.1, 0.15) is 5.69 Å². The van der Waals surface area contributed by atoms with E-state index in [4.69, 9.17) is 15.0 Å². The van der Waals surface area contributed by atoms with Crippen LogP contribution < -0.4 is 4.90 Å². The number of pyridine rings is 1. The summed E-state index contributed by atoms with van der Waals surface area (Å²) in [6, 6.07) is 55.7. The lowest BCUT2D eigenvalue weighted by molar-refractivity contribution is 0.633. The Morgan fingerprint density at radius 3 is 1.62 bits per heavy atom. The number of aromatic nitrogens is 4. The quantitative estimate of drug-likeness (QED) is 0.175. The van der Waals surface area contributed by atoms with E-state index in [9.17, 15) is 0 Å². The summed E-state index contributed by atoms with van der Waals surface area (Å²) < 4.78 is 0. The van der Waals surface area contributed by atoms with Crippen molar-refractivity contribution in [1.82, 2.24) is 19.9 Å². The maximum absolute atomic E-state index is 4.96. The zero-order valence-corrected chi connectivity index (χ0v) is 28.8. The number of benzene rings is 7. The Balaban J connectivity index is 1.16. The van der Waals surface area contributed by atoms with Crippen molar-refractivity contribution in [3.8, 4) is 34.3 Å². The van der Waals surface area contributed by atoms with Crippen LogP contribution in [0, 0.1) is 0 Å². The number of hydrogen-bond acceptors (Lipinski definition) is 5. The third kappa shape index (κ3) is 4.70. The second-order valence-electron chi connectivity index (χ2n) is 13.9. The van der Waals surface area contributed by atoms with Crippen LogP contribution in [0.1, 0.15) is 25.0 Å². The molecule has 7 aromatic carbocycles. The lowest BCUT2D eigenvalue weighted by Gasteiger charge is -2.42. The molecular formula is C47H33N5. The van der Waals surface area contributed by atoms with Gasteiger partial charge in [0.05, 0.1) is 11.4 Å². The Labute approximate surface area is 301 Å². The molecule has 9 aromatic rings. The van der Waals surface area contributed by atoms with E-state index in [2.05, 4.69) is 133 Å². The Bertz CT molecular complexity index is 2750. The van der Waals surface area contributed by atoms with Crippen LogP contribution >= 0.6 is 0 Å². The molecule has 0 saturated heterocycles. The first kappa shape index (κ1) is 30.1. The lowest BCUT2D eigenvalue weighted by atomic mass is 9.72. The molecule has 5 nitrogen and oxygen atoms in total. The number of rotatable bonds is 4. The summed E-state index contributed by atoms with van der Waals surface area (Å²) in [5.74, 6) is 1.76. The molecule has 0 atom stereocenters. The molecule has 0 aliphatic carbocycles. The van der Waals surface area contributed by atoms with Crippen LogP contribution in [0.5, 0.6) is 0 Å². The average molecular weight is 668 g/mol. The standard InChI is InChI=1S/C47H33N5/c1-47(2)39-20-10-11-22-42(39)52(43-29-38-36-19-9-7-17-34(36)33-16-6-8-18-35(33)37(38)28-40(43)47)32-25-23-31(24-26-32)45-49-44(30-14-4-3-5-15-30)50-46(51-45)41-21-12-13-27-48-41/h3-29H,1-2H3. The summed E-state index contributed by atoms with van der Waals surface area (Å²) in [7, 11) is 0. The molecule has 0 spiro atoms. The monoisotopic (exact) mass is 667 g/mol. The first-order chi connectivity index (χ1) is 25.5. The topological polar surface area (TPSA) is 54.8 Å². The molecule has 52 heavy (non-hydrogen) atoms. The van der Waals surface area contributed by atoms with Crippen LogP contribution in [0.3, 0.4) is 0 Å². The third-order valence-corrected chi connectivity index (χ3v) is 10.5. The fourth-order valence-electron chi connectivity index (χ4n) is 7.97. The van der Waals surface area contributed by atoms with Gasteiger partial charge in [-0.2, -0.15) is 0 Å². The summed E-state index contributed by atoms with van der Waals surface area (Å²) >= 11 is 0. The number of nitrogens with zero attached hydrogens (tertiary/aromatic N) is 5. The zero-order chi connectivity index (χ0) is 34.8. The fourth-order valence-corrected chi connectivity index (χ4v) is 7.97. The van der Waals surface area contributed by atoms with Crippen LogP contribution in [-0.4, -0.2) is 19.9 Å². The largest absolute Gasteiger partial charge is 0.310 e. The van der Waals surface area contributed by atoms with Gasteiger partial charge in [-0.3, -0.25) is 4.98 Å². The molecule has 1 aliphatic heterocycles. The highest BCUT2D eigenvalue weighted by Gasteiger charge is 2.37. The first-order valence-electron chi connectivity index (χ1n) is 17.7. The molecule has 2 aromatic heterocycles. The Morgan fingerprint density at radius 2 is 0.962 bits per heavy atom. The van der Waals surface area contributed by atoms with E-state index in [1.54, 1.807) is 6.20 Å². The first-order valence-corrected chi connectivity index (χ1v) is 17.7. The second-order valence-corrected chi connectivity index (χ2v) is 13.9. The van der Waals surface area contributed by atoms with Gasteiger partial charge in [0.25, 0.3) is 0 Å². The summed E-state index contributed by atoms with van der Waals surface area (Å²) in [5, 5.41) is 7.64. The highest BCUT2D eigenvalue weighted by Crippen LogP contribution is 2.54. The minimum atomic E-state index is -0.218. The zero-order valence-electron chi connectivity index (χ0n) is 28.8. The van der Waals surface area contributed by atoms with Crippen LogP contribution in [0.15, 0.2) is 164 Å². The maximum Gasteiger partial charge on any atom is 0.182 e. The molecule has 0 saturated carbocycles. The number of para-hydroxylation sites is 1. The van der Waals surface area contributed by atoms with E-state index in [0.717, 1.165) is 16.8 Å². The van der Waals surface area contributed by atoms with Crippen molar-refractivity contribution >= 4 is 49.4 Å². The van der Waals surface area contributed by atoms with Gasteiger partial charge in [0, 0.05) is 28.4 Å². The molecule has 0 radical (unpaired) electrons. The Kier molecular flexibility index (Phi) is 6.77. The Hall–Kier alpha value is -6.72. The van der Waals surface area contributed by atoms with E-state index in [1.807, 2.05) is 48.5 Å². The van der Waals surface area contributed by atoms with Gasteiger partial charge in [-0.25, -0.2) is 15.0 Å². The van der Waals surface area contributed by atoms with Gasteiger partial charge in [-0.05, 0) is 98.0 Å². The van der Waals surface area contributed by atoms with Gasteiger partial charge >= 0.3 is 0 Å². The van der Waals surface area contributed by atoms with Crippen LogP contribution in [0.25, 0.3) is 66.6 Å². The highest BCUT2D eigenvalue weighted by molar-refractivity contribution is 6.26. The number of fused-ring (bicyclic) bond motifs is 8. The average Bonchev–Trinajstić information content (AvgIpc) is 3.21. The normalized spacial score (nSPS) is 13.3. The summed E-state index contributed by atoms with van der Waals surface area (Å²) in [4.78, 5) is 21.7. The van der Waals surface area contributed by atoms with Crippen LogP contribution in [0.4, 0.5) is 17.1 Å². The van der Waals surface area contributed by atoms with Crippen molar-refractivity contribution in [1.29, 1.82) is 0 Å². The highest BCUT2D eigenvalue weighted by atomic mass is 15.2. The molecule has 3 heterocycles. The molecule has 0 N–H and O–H groups in total. The lowest BCUT2D eigenvalue weighted by Crippen LogP contribution is -2.30. The third-order valence-electron chi connectivity index (χ3n) is 10.5. The predicted octanol–water partition coefficient (Wildman–Crippen LogP) is 11.8. The predicted molar refractivity (Wildman–Crippen MR) is 213 cm³/mol. The van der Waals surface area contributed by atoms with E-state index < -0.39 is 0 Å². The van der Waals surface area contributed by atoms with Crippen LogP contribution in [0.2, 0.25) is 0 Å². The van der Waals surface area contributed by atoms with Crippen molar-refractivity contribution in [3.63, 3.8) is 0 Å². The molecular weight excluding hydrogens is 635 g/mol. The molecule has 1 aliphatic rings. The number of hydrogen-bond donors (Lipinski definition) is 0. The minimum absolute atomic E-state index is 0.218. The molecule has 0 bridgehead atoms. The number of anilines is 3. The van der Waals surface area contributed by atoms with Gasteiger partial charge < -0.3 is 4.90 Å². The minimum Gasteiger partial charge on any atom is -0.310 e. The summed E-state index contributed by atoms with van der Waals surface area (Å²) in [6.07, 6.45) is 1.76. The van der Waals surface area contributed by atoms with Gasteiger partial charge in [-0.1, -0.05) is 117 Å².